The molecule has 0 aliphatic carbocycles. The molecular formula is C13H9ClF3NO. The van der Waals surface area contributed by atoms with Gasteiger partial charge in [0, 0.05) is 11.6 Å². The van der Waals surface area contributed by atoms with Gasteiger partial charge in [0.25, 0.3) is 0 Å². The van der Waals surface area contributed by atoms with Crippen LogP contribution < -0.4 is 4.74 Å². The predicted octanol–water partition coefficient (Wildman–Crippen LogP) is 4.43. The molecule has 0 radical (unpaired) electrons. The van der Waals surface area contributed by atoms with Crippen LogP contribution in [0.3, 0.4) is 0 Å². The molecule has 0 fully saturated rings. The molecule has 2 rings (SSSR count). The number of alkyl halides is 3. The summed E-state index contributed by atoms with van der Waals surface area (Å²) in [4.78, 5) is 3.94. The molecule has 0 amide bonds. The number of pyridine rings is 1. The molecule has 0 saturated carbocycles. The quantitative estimate of drug-likeness (QED) is 0.815. The van der Waals surface area contributed by atoms with Crippen LogP contribution in [0.2, 0.25) is 5.02 Å². The van der Waals surface area contributed by atoms with Crippen LogP contribution in [-0.2, 0) is 6.18 Å². The van der Waals surface area contributed by atoms with Gasteiger partial charge in [-0.1, -0.05) is 29.8 Å². The third-order valence-electron chi connectivity index (χ3n) is 2.54. The van der Waals surface area contributed by atoms with Crippen molar-refractivity contribution in [2.45, 2.75) is 6.18 Å². The van der Waals surface area contributed by atoms with Crippen LogP contribution in [0, 0.1) is 0 Å². The molecule has 1 aromatic carbocycles. The molecule has 0 N–H and O–H groups in total. The molecule has 0 bridgehead atoms. The fraction of sp³-hybridized carbons (Fsp3) is 0.154. The third-order valence-corrected chi connectivity index (χ3v) is 2.83. The van der Waals surface area contributed by atoms with Gasteiger partial charge in [-0.3, -0.25) is 4.98 Å². The van der Waals surface area contributed by atoms with Crippen LogP contribution in [0.15, 0.2) is 36.5 Å². The van der Waals surface area contributed by atoms with Gasteiger partial charge in [-0.15, -0.1) is 0 Å². The first-order chi connectivity index (χ1) is 8.93. The molecule has 0 spiro atoms. The van der Waals surface area contributed by atoms with E-state index in [0.29, 0.717) is 5.75 Å². The Bertz CT molecular complexity index is 599. The average molecular weight is 288 g/mol. The summed E-state index contributed by atoms with van der Waals surface area (Å²) >= 11 is 5.95. The van der Waals surface area contributed by atoms with Gasteiger partial charge in [0.2, 0.25) is 0 Å². The minimum Gasteiger partial charge on any atom is -0.495 e. The summed E-state index contributed by atoms with van der Waals surface area (Å²) in [5, 5.41) is 0.107. The van der Waals surface area contributed by atoms with Crippen molar-refractivity contribution in [2.75, 3.05) is 7.11 Å². The smallest absolute Gasteiger partial charge is 0.417 e. The molecule has 100 valence electrons. The van der Waals surface area contributed by atoms with E-state index in [9.17, 15) is 13.2 Å². The van der Waals surface area contributed by atoms with Crippen molar-refractivity contribution < 1.29 is 17.9 Å². The highest BCUT2D eigenvalue weighted by molar-refractivity contribution is 6.33. The lowest BCUT2D eigenvalue weighted by Gasteiger charge is -2.13. The predicted molar refractivity (Wildman–Crippen MR) is 66.2 cm³/mol. The van der Waals surface area contributed by atoms with Gasteiger partial charge in [0.15, 0.2) is 0 Å². The molecule has 6 heteroatoms. The molecule has 0 atom stereocenters. The van der Waals surface area contributed by atoms with Gasteiger partial charge in [0.05, 0.1) is 29.6 Å². The Morgan fingerprint density at radius 2 is 1.89 bits per heavy atom. The van der Waals surface area contributed by atoms with Crippen molar-refractivity contribution in [2.24, 2.45) is 0 Å². The first-order valence-electron chi connectivity index (χ1n) is 5.29. The fourth-order valence-electron chi connectivity index (χ4n) is 1.67. The van der Waals surface area contributed by atoms with Crippen molar-refractivity contribution in [3.8, 4) is 17.0 Å². The summed E-state index contributed by atoms with van der Waals surface area (Å²) in [6.45, 7) is 0. The van der Waals surface area contributed by atoms with Gasteiger partial charge in [-0.2, -0.15) is 13.2 Å². The number of rotatable bonds is 2. The fourth-order valence-corrected chi connectivity index (χ4v) is 1.93. The van der Waals surface area contributed by atoms with Crippen molar-refractivity contribution >= 4 is 11.6 Å². The van der Waals surface area contributed by atoms with Crippen LogP contribution in [0.4, 0.5) is 13.2 Å². The summed E-state index contributed by atoms with van der Waals surface area (Å²) in [6, 6.07) is 6.59. The van der Waals surface area contributed by atoms with Crippen LogP contribution >= 0.6 is 11.6 Å². The van der Waals surface area contributed by atoms with Gasteiger partial charge in [-0.05, 0) is 6.07 Å². The maximum Gasteiger partial charge on any atom is 0.417 e. The molecule has 2 aromatic rings. The van der Waals surface area contributed by atoms with Crippen molar-refractivity contribution in [1.29, 1.82) is 0 Å². The minimum absolute atomic E-state index is 0.0531. The van der Waals surface area contributed by atoms with E-state index in [1.807, 2.05) is 0 Å². The molecule has 0 aliphatic heterocycles. The molecule has 1 heterocycles. The Hall–Kier alpha value is -1.75. The largest absolute Gasteiger partial charge is 0.495 e. The van der Waals surface area contributed by atoms with Crippen LogP contribution in [0.25, 0.3) is 11.3 Å². The zero-order valence-corrected chi connectivity index (χ0v) is 10.6. The maximum absolute atomic E-state index is 12.9. The lowest BCUT2D eigenvalue weighted by molar-refractivity contribution is -0.137. The standard InChI is InChI=1S/C13H9ClF3NO/c1-19-8-6-11(14)12(18-7-8)9-4-2-3-5-10(9)13(15,16)17/h2-7H,1H3. The zero-order valence-electron chi connectivity index (χ0n) is 9.83. The first-order valence-corrected chi connectivity index (χ1v) is 5.67. The SMILES string of the molecule is COc1cnc(-c2ccccc2C(F)(F)F)c(Cl)c1. The average Bonchev–Trinajstić information content (AvgIpc) is 2.37. The van der Waals surface area contributed by atoms with E-state index in [0.717, 1.165) is 6.07 Å². The summed E-state index contributed by atoms with van der Waals surface area (Å²) in [6.07, 6.45) is -3.13. The van der Waals surface area contributed by atoms with E-state index in [2.05, 4.69) is 4.98 Å². The zero-order chi connectivity index (χ0) is 14.0. The second kappa shape index (κ2) is 5.09. The molecule has 0 aliphatic rings. The highest BCUT2D eigenvalue weighted by atomic mass is 35.5. The van der Waals surface area contributed by atoms with Crippen molar-refractivity contribution in [1.82, 2.24) is 4.98 Å². The molecule has 1 aromatic heterocycles. The van der Waals surface area contributed by atoms with Crippen LogP contribution in [-0.4, -0.2) is 12.1 Å². The highest BCUT2D eigenvalue weighted by Gasteiger charge is 2.34. The van der Waals surface area contributed by atoms with Gasteiger partial charge < -0.3 is 4.74 Å². The monoisotopic (exact) mass is 287 g/mol. The lowest BCUT2D eigenvalue weighted by atomic mass is 10.0. The van der Waals surface area contributed by atoms with E-state index in [1.54, 1.807) is 0 Å². The topological polar surface area (TPSA) is 22.1 Å². The summed E-state index contributed by atoms with van der Waals surface area (Å²) in [7, 11) is 1.43. The molecule has 2 nitrogen and oxygen atoms in total. The number of aromatic nitrogens is 1. The van der Waals surface area contributed by atoms with Gasteiger partial charge in [0.1, 0.15) is 5.75 Å². The van der Waals surface area contributed by atoms with Crippen molar-refractivity contribution in [3.05, 3.63) is 47.1 Å². The van der Waals surface area contributed by atoms with E-state index in [1.165, 1.54) is 37.6 Å². The number of halogens is 4. The number of ether oxygens (including phenoxy) is 1. The lowest BCUT2D eigenvalue weighted by Crippen LogP contribution is -2.07. The van der Waals surface area contributed by atoms with E-state index in [-0.39, 0.29) is 16.3 Å². The van der Waals surface area contributed by atoms with E-state index in [4.69, 9.17) is 16.3 Å². The Balaban J connectivity index is 2.60. The Labute approximate surface area is 112 Å². The summed E-state index contributed by atoms with van der Waals surface area (Å²) < 4.78 is 43.7. The van der Waals surface area contributed by atoms with E-state index >= 15 is 0 Å². The number of methoxy groups -OCH3 is 1. The molecule has 0 unspecified atom stereocenters. The third kappa shape index (κ3) is 2.81. The molecular weight excluding hydrogens is 279 g/mol. The molecule has 19 heavy (non-hydrogen) atoms. The van der Waals surface area contributed by atoms with Gasteiger partial charge >= 0.3 is 6.18 Å². The molecule has 0 saturated heterocycles. The van der Waals surface area contributed by atoms with Gasteiger partial charge in [-0.25, -0.2) is 0 Å². The maximum atomic E-state index is 12.9. The summed E-state index contributed by atoms with van der Waals surface area (Å²) in [5.74, 6) is 0.387. The Morgan fingerprint density at radius 1 is 1.21 bits per heavy atom. The number of benzene rings is 1. The van der Waals surface area contributed by atoms with E-state index < -0.39 is 11.7 Å². The van der Waals surface area contributed by atoms with Crippen LogP contribution in [0.1, 0.15) is 5.56 Å². The normalized spacial score (nSPS) is 11.4. The Morgan fingerprint density at radius 3 is 2.47 bits per heavy atom. The Kier molecular flexibility index (Phi) is 3.66. The highest BCUT2D eigenvalue weighted by Crippen LogP contribution is 2.38. The second-order valence-corrected chi connectivity index (χ2v) is 4.16. The number of nitrogens with zero attached hydrogens (tertiary/aromatic N) is 1. The van der Waals surface area contributed by atoms with Crippen molar-refractivity contribution in [3.63, 3.8) is 0 Å². The van der Waals surface area contributed by atoms with Crippen LogP contribution in [0.5, 0.6) is 5.75 Å². The number of hydrogen-bond acceptors (Lipinski definition) is 2. The first kappa shape index (κ1) is 13.7. The second-order valence-electron chi connectivity index (χ2n) is 3.75. The number of hydrogen-bond donors (Lipinski definition) is 0. The summed E-state index contributed by atoms with van der Waals surface area (Å²) in [5.41, 5.74) is -0.743. The minimum atomic E-state index is -4.46.